The topological polar surface area (TPSA) is 30.5 Å². The molecule has 0 aromatic heterocycles. The summed E-state index contributed by atoms with van der Waals surface area (Å²) in [7, 11) is 0. The van der Waals surface area contributed by atoms with Gasteiger partial charge in [0.05, 0.1) is 6.10 Å². The molecule has 19 heavy (non-hydrogen) atoms. The van der Waals surface area contributed by atoms with Crippen molar-refractivity contribution in [2.45, 2.75) is 50.9 Å². The van der Waals surface area contributed by atoms with Crippen LogP contribution in [0.15, 0.2) is 24.3 Å². The lowest BCUT2D eigenvalue weighted by Gasteiger charge is -2.38. The Morgan fingerprint density at radius 3 is 2.95 bits per heavy atom. The Balaban J connectivity index is 1.72. The largest absolute Gasteiger partial charge is 0.487 e. The molecule has 2 atom stereocenters. The van der Waals surface area contributed by atoms with E-state index in [2.05, 4.69) is 37.4 Å². The molecular weight excluding hydrogens is 238 g/mol. The van der Waals surface area contributed by atoms with Crippen molar-refractivity contribution < 1.29 is 9.47 Å². The second-order valence-electron chi connectivity index (χ2n) is 6.20. The molecule has 0 radical (unpaired) electrons. The van der Waals surface area contributed by atoms with Crippen LogP contribution in [-0.2, 0) is 4.74 Å². The minimum Gasteiger partial charge on any atom is -0.487 e. The van der Waals surface area contributed by atoms with Crippen molar-refractivity contribution in [1.29, 1.82) is 0 Å². The molecule has 2 aliphatic heterocycles. The molecule has 1 aromatic rings. The highest BCUT2D eigenvalue weighted by Gasteiger charge is 2.33. The van der Waals surface area contributed by atoms with E-state index in [1.54, 1.807) is 0 Å². The van der Waals surface area contributed by atoms with Crippen molar-refractivity contribution in [3.63, 3.8) is 0 Å². The van der Waals surface area contributed by atoms with E-state index in [0.29, 0.717) is 12.1 Å². The lowest BCUT2D eigenvalue weighted by atomic mass is 9.89. The van der Waals surface area contributed by atoms with Crippen LogP contribution < -0.4 is 10.1 Å². The number of benzene rings is 1. The van der Waals surface area contributed by atoms with Gasteiger partial charge in [-0.3, -0.25) is 0 Å². The molecule has 3 nitrogen and oxygen atoms in total. The number of hydrogen-bond acceptors (Lipinski definition) is 3. The zero-order valence-electron chi connectivity index (χ0n) is 11.8. The average Bonchev–Trinajstić information content (AvgIpc) is 2.87. The average molecular weight is 261 g/mol. The highest BCUT2D eigenvalue weighted by atomic mass is 16.5. The van der Waals surface area contributed by atoms with Gasteiger partial charge in [0.15, 0.2) is 0 Å². The fourth-order valence-electron chi connectivity index (χ4n) is 3.06. The third kappa shape index (κ3) is 2.93. The molecule has 104 valence electrons. The fourth-order valence-corrected chi connectivity index (χ4v) is 3.06. The monoisotopic (exact) mass is 261 g/mol. The summed E-state index contributed by atoms with van der Waals surface area (Å²) in [5, 5.41) is 3.67. The zero-order valence-corrected chi connectivity index (χ0v) is 11.8. The molecule has 0 spiro atoms. The SMILES string of the molecule is CC1(C)CC(NCC2CCCO2)c2ccccc2O1. The van der Waals surface area contributed by atoms with Crippen LogP contribution in [0.25, 0.3) is 0 Å². The molecule has 3 heteroatoms. The van der Waals surface area contributed by atoms with Crippen LogP contribution in [0.1, 0.15) is 44.7 Å². The van der Waals surface area contributed by atoms with E-state index in [-0.39, 0.29) is 5.60 Å². The van der Waals surface area contributed by atoms with E-state index in [0.717, 1.165) is 25.3 Å². The van der Waals surface area contributed by atoms with Crippen molar-refractivity contribution >= 4 is 0 Å². The first-order valence-electron chi connectivity index (χ1n) is 7.27. The normalized spacial score (nSPS) is 28.7. The number of nitrogens with one attached hydrogen (secondary N) is 1. The first-order chi connectivity index (χ1) is 9.14. The third-order valence-electron chi connectivity index (χ3n) is 3.99. The van der Waals surface area contributed by atoms with Gasteiger partial charge in [0.1, 0.15) is 11.4 Å². The van der Waals surface area contributed by atoms with Crippen LogP contribution in [0.3, 0.4) is 0 Å². The lowest BCUT2D eigenvalue weighted by Crippen LogP contribution is -2.41. The van der Waals surface area contributed by atoms with Crippen LogP contribution in [0, 0.1) is 0 Å². The Kier molecular flexibility index (Phi) is 3.50. The summed E-state index contributed by atoms with van der Waals surface area (Å²) in [6.07, 6.45) is 3.76. The third-order valence-corrected chi connectivity index (χ3v) is 3.99. The molecule has 2 heterocycles. The highest BCUT2D eigenvalue weighted by Crippen LogP contribution is 2.39. The molecule has 0 bridgehead atoms. The number of fused-ring (bicyclic) bond motifs is 1. The number of para-hydroxylation sites is 1. The van der Waals surface area contributed by atoms with Gasteiger partial charge in [-0.05, 0) is 32.8 Å². The maximum absolute atomic E-state index is 6.05. The molecule has 3 rings (SSSR count). The summed E-state index contributed by atoms with van der Waals surface area (Å²) >= 11 is 0. The molecule has 2 aliphatic rings. The number of ether oxygens (including phenoxy) is 2. The summed E-state index contributed by atoms with van der Waals surface area (Å²) in [6, 6.07) is 8.72. The maximum Gasteiger partial charge on any atom is 0.124 e. The van der Waals surface area contributed by atoms with Gasteiger partial charge in [0, 0.05) is 31.2 Å². The van der Waals surface area contributed by atoms with E-state index in [1.807, 2.05) is 6.07 Å². The van der Waals surface area contributed by atoms with Crippen molar-refractivity contribution in [1.82, 2.24) is 5.32 Å². The van der Waals surface area contributed by atoms with Crippen LogP contribution in [0.5, 0.6) is 5.75 Å². The first kappa shape index (κ1) is 12.9. The maximum atomic E-state index is 6.05. The lowest BCUT2D eigenvalue weighted by molar-refractivity contribution is 0.0586. The summed E-state index contributed by atoms with van der Waals surface area (Å²) < 4.78 is 11.7. The Bertz CT molecular complexity index is 438. The van der Waals surface area contributed by atoms with Crippen LogP contribution in [-0.4, -0.2) is 24.9 Å². The molecule has 2 unspecified atom stereocenters. The van der Waals surface area contributed by atoms with E-state index >= 15 is 0 Å². The second-order valence-corrected chi connectivity index (χ2v) is 6.20. The molecule has 1 aromatic carbocycles. The predicted molar refractivity (Wildman–Crippen MR) is 75.5 cm³/mol. The van der Waals surface area contributed by atoms with E-state index in [9.17, 15) is 0 Å². The number of rotatable bonds is 3. The van der Waals surface area contributed by atoms with Crippen molar-refractivity contribution in [2.75, 3.05) is 13.2 Å². The zero-order chi connectivity index (χ0) is 13.3. The van der Waals surface area contributed by atoms with E-state index in [4.69, 9.17) is 9.47 Å². The Morgan fingerprint density at radius 2 is 2.16 bits per heavy atom. The molecule has 1 N–H and O–H groups in total. The van der Waals surface area contributed by atoms with Gasteiger partial charge in [-0.2, -0.15) is 0 Å². The first-order valence-corrected chi connectivity index (χ1v) is 7.27. The van der Waals surface area contributed by atoms with E-state index < -0.39 is 0 Å². The quantitative estimate of drug-likeness (QED) is 0.907. The van der Waals surface area contributed by atoms with Gasteiger partial charge in [0.2, 0.25) is 0 Å². The number of hydrogen-bond donors (Lipinski definition) is 1. The predicted octanol–water partition coefficient (Wildman–Crippen LogP) is 3.06. The molecular formula is C16H23NO2. The van der Waals surface area contributed by atoms with Gasteiger partial charge in [0.25, 0.3) is 0 Å². The highest BCUT2D eigenvalue weighted by molar-refractivity contribution is 5.38. The minimum absolute atomic E-state index is 0.109. The Labute approximate surface area is 115 Å². The van der Waals surface area contributed by atoms with Crippen LogP contribution in [0.4, 0.5) is 0 Å². The molecule has 0 aliphatic carbocycles. The Hall–Kier alpha value is -1.06. The van der Waals surface area contributed by atoms with Gasteiger partial charge >= 0.3 is 0 Å². The molecule has 1 fully saturated rings. The van der Waals surface area contributed by atoms with E-state index in [1.165, 1.54) is 18.4 Å². The smallest absolute Gasteiger partial charge is 0.124 e. The molecule has 1 saturated heterocycles. The summed E-state index contributed by atoms with van der Waals surface area (Å²) in [5.41, 5.74) is 1.17. The Morgan fingerprint density at radius 1 is 1.32 bits per heavy atom. The summed E-state index contributed by atoms with van der Waals surface area (Å²) in [4.78, 5) is 0. The molecule has 0 amide bonds. The van der Waals surface area contributed by atoms with Gasteiger partial charge in [-0.25, -0.2) is 0 Å². The van der Waals surface area contributed by atoms with Crippen LogP contribution in [0.2, 0.25) is 0 Å². The summed E-state index contributed by atoms with van der Waals surface area (Å²) in [5.74, 6) is 1.02. The van der Waals surface area contributed by atoms with Gasteiger partial charge in [-0.1, -0.05) is 18.2 Å². The second kappa shape index (κ2) is 5.14. The van der Waals surface area contributed by atoms with Gasteiger partial charge in [-0.15, -0.1) is 0 Å². The fraction of sp³-hybridized carbons (Fsp3) is 0.625. The standard InChI is InChI=1S/C16H23NO2/c1-16(2)10-14(17-11-12-6-5-9-18-12)13-7-3-4-8-15(13)19-16/h3-4,7-8,12,14,17H,5-6,9-11H2,1-2H3. The summed E-state index contributed by atoms with van der Waals surface area (Å²) in [6.45, 7) is 6.17. The van der Waals surface area contributed by atoms with Crippen molar-refractivity contribution in [3.05, 3.63) is 29.8 Å². The minimum atomic E-state index is -0.109. The van der Waals surface area contributed by atoms with Crippen LogP contribution >= 0.6 is 0 Å². The molecule has 0 saturated carbocycles. The van der Waals surface area contributed by atoms with Gasteiger partial charge < -0.3 is 14.8 Å². The van der Waals surface area contributed by atoms with Crippen molar-refractivity contribution in [3.8, 4) is 5.75 Å². The van der Waals surface area contributed by atoms with Crippen molar-refractivity contribution in [2.24, 2.45) is 0 Å².